The first kappa shape index (κ1) is 13.9. The monoisotopic (exact) mass is 317 g/mol. The Kier molecular flexibility index (Phi) is 3.77. The molecule has 4 nitrogen and oxygen atoms in total. The molecule has 0 spiro atoms. The second kappa shape index (κ2) is 5.71. The molecule has 1 heterocycles. The van der Waals surface area contributed by atoms with Gasteiger partial charge >= 0.3 is 0 Å². The van der Waals surface area contributed by atoms with E-state index in [0.29, 0.717) is 10.7 Å². The van der Waals surface area contributed by atoms with Crippen LogP contribution in [0.15, 0.2) is 53.5 Å². The van der Waals surface area contributed by atoms with Crippen molar-refractivity contribution in [1.29, 1.82) is 0 Å². The summed E-state index contributed by atoms with van der Waals surface area (Å²) < 4.78 is 1.72. The summed E-state index contributed by atoms with van der Waals surface area (Å²) in [5.41, 5.74) is 1.69. The summed E-state index contributed by atoms with van der Waals surface area (Å²) in [5.74, 6) is 0.196. The lowest BCUT2D eigenvalue weighted by Crippen LogP contribution is -2.10. The van der Waals surface area contributed by atoms with E-state index in [1.165, 1.54) is 11.3 Å². The highest BCUT2D eigenvalue weighted by molar-refractivity contribution is 7.12. The van der Waals surface area contributed by atoms with Gasteiger partial charge in [0.15, 0.2) is 0 Å². The number of phenols is 1. The number of benzene rings is 2. The minimum absolute atomic E-state index is 0.196. The number of aryl methyl sites for hydroxylation is 1. The molecule has 1 N–H and O–H groups in total. The van der Waals surface area contributed by atoms with Gasteiger partial charge in [-0.05, 0) is 24.3 Å². The zero-order valence-electron chi connectivity index (χ0n) is 11.2. The van der Waals surface area contributed by atoms with E-state index in [1.54, 1.807) is 22.9 Å². The zero-order chi connectivity index (χ0) is 14.8. The first-order valence-corrected chi connectivity index (χ1v) is 7.45. The van der Waals surface area contributed by atoms with Gasteiger partial charge in [-0.1, -0.05) is 41.1 Å². The molecule has 0 aliphatic heterocycles. The van der Waals surface area contributed by atoms with E-state index >= 15 is 0 Å². The van der Waals surface area contributed by atoms with Gasteiger partial charge in [0, 0.05) is 23.7 Å². The summed E-state index contributed by atoms with van der Waals surface area (Å²) in [6.07, 6.45) is 0. The van der Waals surface area contributed by atoms with Crippen LogP contribution in [-0.2, 0) is 7.05 Å². The van der Waals surface area contributed by atoms with Crippen molar-refractivity contribution in [3.63, 3.8) is 0 Å². The average molecular weight is 318 g/mol. The Morgan fingerprint density at radius 3 is 2.67 bits per heavy atom. The molecule has 3 rings (SSSR count). The van der Waals surface area contributed by atoms with Crippen molar-refractivity contribution < 1.29 is 5.11 Å². The summed E-state index contributed by atoms with van der Waals surface area (Å²) >= 11 is 7.37. The Labute approximate surface area is 130 Å². The number of halogens is 1. The van der Waals surface area contributed by atoms with Gasteiger partial charge in [-0.2, -0.15) is 5.10 Å². The summed E-state index contributed by atoms with van der Waals surface area (Å²) in [7, 11) is 1.84. The third-order valence-electron chi connectivity index (χ3n) is 2.85. The molecule has 1 aromatic heterocycles. The molecule has 0 saturated heterocycles. The largest absolute Gasteiger partial charge is 0.508 e. The highest BCUT2D eigenvalue weighted by atomic mass is 35.5. The molecule has 0 amide bonds. The van der Waals surface area contributed by atoms with E-state index in [1.807, 2.05) is 37.4 Å². The molecule has 0 aliphatic carbocycles. The van der Waals surface area contributed by atoms with Crippen LogP contribution in [0.25, 0.3) is 10.6 Å². The Bertz CT molecular complexity index is 837. The predicted octanol–water partition coefficient (Wildman–Crippen LogP) is 3.74. The molecule has 0 bridgehead atoms. The number of aromatic hydroxyl groups is 1. The maximum absolute atomic E-state index is 9.48. The van der Waals surface area contributed by atoms with E-state index in [-0.39, 0.29) is 5.75 Å². The van der Waals surface area contributed by atoms with Crippen molar-refractivity contribution in [1.82, 2.24) is 9.78 Å². The standard InChI is InChI=1S/C15H12ClN3OS/c1-19-15(17-12-3-2-4-13(20)9-12)21-14(18-19)10-5-7-11(16)8-6-10/h2-9,20H,1H3/b17-15+. The highest BCUT2D eigenvalue weighted by Crippen LogP contribution is 2.22. The van der Waals surface area contributed by atoms with Gasteiger partial charge in [-0.3, -0.25) is 0 Å². The number of rotatable bonds is 2. The zero-order valence-corrected chi connectivity index (χ0v) is 12.8. The van der Waals surface area contributed by atoms with Crippen molar-refractivity contribution in [2.45, 2.75) is 0 Å². The van der Waals surface area contributed by atoms with Crippen LogP contribution in [0.4, 0.5) is 5.69 Å². The molecular weight excluding hydrogens is 306 g/mol. The molecule has 0 atom stereocenters. The summed E-state index contributed by atoms with van der Waals surface area (Å²) in [5, 5.41) is 15.5. The number of hydrogen-bond donors (Lipinski definition) is 1. The van der Waals surface area contributed by atoms with Crippen LogP contribution in [0, 0.1) is 0 Å². The Morgan fingerprint density at radius 1 is 1.19 bits per heavy atom. The molecule has 0 fully saturated rings. The van der Waals surface area contributed by atoms with E-state index in [0.717, 1.165) is 15.4 Å². The van der Waals surface area contributed by atoms with Gasteiger partial charge in [0.05, 0.1) is 5.69 Å². The quantitative estimate of drug-likeness (QED) is 0.782. The minimum atomic E-state index is 0.196. The lowest BCUT2D eigenvalue weighted by molar-refractivity contribution is 0.475. The van der Waals surface area contributed by atoms with Crippen molar-refractivity contribution in [2.24, 2.45) is 12.0 Å². The van der Waals surface area contributed by atoms with Gasteiger partial charge < -0.3 is 5.11 Å². The highest BCUT2D eigenvalue weighted by Gasteiger charge is 2.05. The molecule has 3 aromatic rings. The third-order valence-corrected chi connectivity index (χ3v) is 4.15. The lowest BCUT2D eigenvalue weighted by Gasteiger charge is -1.94. The first-order chi connectivity index (χ1) is 10.1. The summed E-state index contributed by atoms with van der Waals surface area (Å²) in [6, 6.07) is 14.4. The molecule has 2 aromatic carbocycles. The Balaban J connectivity index is 2.03. The van der Waals surface area contributed by atoms with E-state index in [2.05, 4.69) is 10.1 Å². The number of nitrogens with zero attached hydrogens (tertiary/aromatic N) is 3. The van der Waals surface area contributed by atoms with Crippen LogP contribution < -0.4 is 4.80 Å². The average Bonchev–Trinajstić information content (AvgIpc) is 2.81. The van der Waals surface area contributed by atoms with Crippen molar-refractivity contribution in [3.05, 3.63) is 58.4 Å². The number of phenolic OH excluding ortho intramolecular Hbond substituents is 1. The topological polar surface area (TPSA) is 50.4 Å². The van der Waals surface area contributed by atoms with Crippen LogP contribution in [-0.4, -0.2) is 14.9 Å². The Morgan fingerprint density at radius 2 is 1.95 bits per heavy atom. The van der Waals surface area contributed by atoms with Crippen molar-refractivity contribution in [2.75, 3.05) is 0 Å². The van der Waals surface area contributed by atoms with Crippen LogP contribution >= 0.6 is 22.9 Å². The van der Waals surface area contributed by atoms with Gasteiger partial charge in [0.25, 0.3) is 0 Å². The molecular formula is C15H12ClN3OS. The van der Waals surface area contributed by atoms with Crippen LogP contribution in [0.3, 0.4) is 0 Å². The summed E-state index contributed by atoms with van der Waals surface area (Å²) in [4.78, 5) is 5.25. The maximum Gasteiger partial charge on any atom is 0.208 e. The van der Waals surface area contributed by atoms with Gasteiger partial charge in [0.1, 0.15) is 10.8 Å². The smallest absolute Gasteiger partial charge is 0.208 e. The third kappa shape index (κ3) is 3.15. The van der Waals surface area contributed by atoms with Crippen LogP contribution in [0.2, 0.25) is 5.02 Å². The molecule has 0 saturated carbocycles. The SMILES string of the molecule is Cn1nc(-c2ccc(Cl)cc2)s/c1=N/c1cccc(O)c1. The maximum atomic E-state index is 9.48. The molecule has 0 unspecified atom stereocenters. The summed E-state index contributed by atoms with van der Waals surface area (Å²) in [6.45, 7) is 0. The van der Waals surface area contributed by atoms with Gasteiger partial charge in [0.2, 0.25) is 4.80 Å². The molecule has 0 aliphatic rings. The molecule has 0 radical (unpaired) electrons. The molecule has 6 heteroatoms. The first-order valence-electron chi connectivity index (χ1n) is 6.26. The fourth-order valence-corrected chi connectivity index (χ4v) is 2.87. The Hall–Kier alpha value is -2.11. The number of aromatic nitrogens is 2. The van der Waals surface area contributed by atoms with Crippen molar-refractivity contribution in [3.8, 4) is 16.3 Å². The molecule has 21 heavy (non-hydrogen) atoms. The van der Waals surface area contributed by atoms with Gasteiger partial charge in [-0.15, -0.1) is 0 Å². The minimum Gasteiger partial charge on any atom is -0.508 e. The van der Waals surface area contributed by atoms with Crippen LogP contribution in [0.5, 0.6) is 5.75 Å². The fourth-order valence-electron chi connectivity index (χ4n) is 1.83. The predicted molar refractivity (Wildman–Crippen MR) is 84.9 cm³/mol. The lowest BCUT2D eigenvalue weighted by atomic mass is 10.2. The second-order valence-corrected chi connectivity index (χ2v) is 5.84. The normalized spacial score (nSPS) is 11.8. The second-order valence-electron chi connectivity index (χ2n) is 4.45. The van der Waals surface area contributed by atoms with Crippen molar-refractivity contribution >= 4 is 28.6 Å². The van der Waals surface area contributed by atoms with E-state index < -0.39 is 0 Å². The number of hydrogen-bond acceptors (Lipinski definition) is 4. The van der Waals surface area contributed by atoms with Gasteiger partial charge in [-0.25, -0.2) is 9.67 Å². The van der Waals surface area contributed by atoms with Crippen LogP contribution in [0.1, 0.15) is 0 Å². The van der Waals surface area contributed by atoms with E-state index in [4.69, 9.17) is 11.6 Å². The fraction of sp³-hybridized carbons (Fsp3) is 0.0667. The van der Waals surface area contributed by atoms with E-state index in [9.17, 15) is 5.11 Å². The molecule has 106 valence electrons.